The first-order chi connectivity index (χ1) is 25.5. The Kier molecular flexibility index (Phi) is 9.91. The van der Waals surface area contributed by atoms with Gasteiger partial charge in [0.2, 0.25) is 0 Å². The molecule has 4 fully saturated rings. The van der Waals surface area contributed by atoms with E-state index in [4.69, 9.17) is 28.9 Å². The van der Waals surface area contributed by atoms with Crippen molar-refractivity contribution >= 4 is 59.4 Å². The molecule has 8 rings (SSSR count). The number of methoxy groups -OCH3 is 1. The number of fused-ring (bicyclic) bond motifs is 6. The summed E-state index contributed by atoms with van der Waals surface area (Å²) in [5.41, 5.74) is 1.50. The first-order valence-corrected chi connectivity index (χ1v) is 20.8. The summed E-state index contributed by atoms with van der Waals surface area (Å²) in [6.45, 7) is 6.84. The van der Waals surface area contributed by atoms with Crippen LogP contribution in [-0.4, -0.2) is 122 Å². The molecule has 0 N–H and O–H groups in total. The number of hydrogen-bond acceptors (Lipinski definition) is 9. The van der Waals surface area contributed by atoms with Gasteiger partial charge in [0.05, 0.1) is 12.1 Å². The van der Waals surface area contributed by atoms with Crippen LogP contribution >= 0.6 is 0 Å². The minimum atomic E-state index is -0.585. The third-order valence-electron chi connectivity index (χ3n) is 11.3. The standard InChI is InChI=1S/C41H45FN5O5.Tl/c1-7-24-9-8-10-25-17-30(50-23-49-6)20-34(35(24)25)32-15-16-33-37(36(32)42)43-39(51-31-18-26-11-12-27(19-31)45(26)5)44-38(33)46-21-28-13-14-29(22-46)47(28)40(48)52-41(2,3)4;/h8-10,15-17,20,26-29,31H,11-14,18-19,21-23H2,2-6H3;/t26-,27+,28?,29?,31?;. The summed E-state index contributed by atoms with van der Waals surface area (Å²) in [5.74, 6) is 4.01. The molecule has 4 bridgehead atoms. The molecule has 4 saturated heterocycles. The van der Waals surface area contributed by atoms with Gasteiger partial charge in [-0.05, 0) is 53.5 Å². The second kappa shape index (κ2) is 14.5. The molecule has 53 heavy (non-hydrogen) atoms. The first-order valence-electron chi connectivity index (χ1n) is 18.6. The number of ether oxygens (including phenoxy) is 4. The molecule has 10 nitrogen and oxygen atoms in total. The number of carbonyl (C=O) groups is 1. The average molecular weight is 911 g/mol. The van der Waals surface area contributed by atoms with Crippen molar-refractivity contribution in [3.63, 3.8) is 0 Å². The Morgan fingerprint density at radius 2 is 1.70 bits per heavy atom. The zero-order valence-electron chi connectivity index (χ0n) is 31.0. The van der Waals surface area contributed by atoms with E-state index in [1.165, 1.54) is 0 Å². The quantitative estimate of drug-likeness (QED) is 0.115. The molecule has 0 aliphatic carbocycles. The van der Waals surface area contributed by atoms with Crippen LogP contribution in [0.4, 0.5) is 15.0 Å². The van der Waals surface area contributed by atoms with Gasteiger partial charge in [-0.25, -0.2) is 4.79 Å². The van der Waals surface area contributed by atoms with E-state index in [-0.39, 0.29) is 42.6 Å². The number of hydrogen-bond donors (Lipinski definition) is 0. The monoisotopic (exact) mass is 911 g/mol. The number of anilines is 1. The third-order valence-corrected chi connectivity index (χ3v) is 11.8. The van der Waals surface area contributed by atoms with E-state index >= 15 is 4.39 Å². The molecule has 3 unspecified atom stereocenters. The number of nitrogens with zero attached hydrogens (tertiary/aromatic N) is 5. The molecular formula is C41H45FN5O5Tl. The summed E-state index contributed by atoms with van der Waals surface area (Å²) in [6.07, 6.45) is 5.47. The Balaban J connectivity index is 1.24. The van der Waals surface area contributed by atoms with Crippen LogP contribution in [0.5, 0.6) is 11.8 Å². The molecule has 1 amide bonds. The predicted octanol–water partition coefficient (Wildman–Crippen LogP) is 6.64. The van der Waals surface area contributed by atoms with Crippen molar-refractivity contribution in [2.75, 3.05) is 38.9 Å². The van der Waals surface area contributed by atoms with Gasteiger partial charge >= 0.3 is 212 Å². The molecule has 5 heterocycles. The zero-order valence-corrected chi connectivity index (χ0v) is 35.5. The fourth-order valence-electron chi connectivity index (χ4n) is 8.93. The van der Waals surface area contributed by atoms with Crippen molar-refractivity contribution < 1.29 is 28.1 Å². The van der Waals surface area contributed by atoms with Crippen LogP contribution < -0.4 is 14.4 Å². The molecule has 3 aromatic carbocycles. The third kappa shape index (κ3) is 7.02. The van der Waals surface area contributed by atoms with E-state index in [2.05, 4.69) is 26.2 Å². The molecule has 4 aliphatic heterocycles. The summed E-state index contributed by atoms with van der Waals surface area (Å²) in [5, 5.41) is 2.34. The molecule has 12 heteroatoms. The van der Waals surface area contributed by atoms with Crippen LogP contribution in [0.15, 0.2) is 42.5 Å². The topological polar surface area (TPSA) is 89.5 Å². The second-order valence-corrected chi connectivity index (χ2v) is 16.9. The van der Waals surface area contributed by atoms with Crippen LogP contribution in [0, 0.1) is 15.2 Å². The SMILES string of the molecule is COCOc1cc(-c2ccc3c(N4CC5CCC(C4)N5C(=O)OC(C)(C)C)nc(OC4C[C@H]5CC[C@@H](C4)N5C)nc3c2F)c2c(C#[C][Tl])cccc2c1. The minimum absolute atomic E-state index is 0.0467. The number of halogens is 1. The zero-order chi connectivity index (χ0) is 37.0. The molecule has 4 aliphatic rings. The van der Waals surface area contributed by atoms with E-state index in [1.54, 1.807) is 7.11 Å². The molecular weight excluding hydrogens is 866 g/mol. The van der Waals surface area contributed by atoms with Crippen molar-refractivity contribution in [3.8, 4) is 32.3 Å². The van der Waals surface area contributed by atoms with E-state index in [0.29, 0.717) is 79.0 Å². The summed E-state index contributed by atoms with van der Waals surface area (Å²) in [6, 6.07) is 14.5. The van der Waals surface area contributed by atoms with Crippen LogP contribution in [0.2, 0.25) is 0 Å². The number of rotatable bonds is 7. The van der Waals surface area contributed by atoms with Gasteiger partial charge in [0.25, 0.3) is 0 Å². The molecule has 0 spiro atoms. The molecule has 5 atom stereocenters. The van der Waals surface area contributed by atoms with Crippen molar-refractivity contribution in [3.05, 3.63) is 53.8 Å². The van der Waals surface area contributed by atoms with Gasteiger partial charge in [0.15, 0.2) is 0 Å². The Morgan fingerprint density at radius 3 is 2.38 bits per heavy atom. The van der Waals surface area contributed by atoms with Gasteiger partial charge in [-0.1, -0.05) is 0 Å². The normalized spacial score (nSPS) is 24.0. The summed E-state index contributed by atoms with van der Waals surface area (Å²) in [7, 11) is 3.77. The van der Waals surface area contributed by atoms with Crippen LogP contribution in [0.25, 0.3) is 32.8 Å². The van der Waals surface area contributed by atoms with Crippen LogP contribution in [0.3, 0.4) is 0 Å². The molecule has 0 radical (unpaired) electrons. The van der Waals surface area contributed by atoms with E-state index in [0.717, 1.165) is 54.9 Å². The number of carbonyl (C=O) groups excluding carboxylic acids is 1. The van der Waals surface area contributed by atoms with Crippen molar-refractivity contribution in [1.82, 2.24) is 19.8 Å². The number of aromatic nitrogens is 2. The van der Waals surface area contributed by atoms with E-state index in [9.17, 15) is 4.79 Å². The van der Waals surface area contributed by atoms with Gasteiger partial charge < -0.3 is 9.64 Å². The van der Waals surface area contributed by atoms with Crippen molar-refractivity contribution in [1.29, 1.82) is 0 Å². The summed E-state index contributed by atoms with van der Waals surface area (Å²) < 4.78 is 44.1. The average Bonchev–Trinajstić information content (AvgIpc) is 3.49. The van der Waals surface area contributed by atoms with Gasteiger partial charge in [0.1, 0.15) is 5.60 Å². The summed E-state index contributed by atoms with van der Waals surface area (Å²) in [4.78, 5) is 29.7. The van der Waals surface area contributed by atoms with E-state index in [1.807, 2.05) is 68.1 Å². The summed E-state index contributed by atoms with van der Waals surface area (Å²) >= 11 is 0.495. The van der Waals surface area contributed by atoms with Gasteiger partial charge in [-0.3, -0.25) is 4.90 Å². The maximum atomic E-state index is 17.4. The Labute approximate surface area is 326 Å². The van der Waals surface area contributed by atoms with Gasteiger partial charge in [-0.15, -0.1) is 0 Å². The van der Waals surface area contributed by atoms with Gasteiger partial charge in [0, 0.05) is 24.9 Å². The predicted molar refractivity (Wildman–Crippen MR) is 203 cm³/mol. The van der Waals surface area contributed by atoms with Crippen molar-refractivity contribution in [2.45, 2.75) is 95.2 Å². The Hall–Kier alpha value is -3.74. The molecule has 274 valence electrons. The Bertz CT molecular complexity index is 2100. The number of benzene rings is 3. The number of amides is 1. The van der Waals surface area contributed by atoms with E-state index < -0.39 is 11.4 Å². The number of piperidine rings is 1. The van der Waals surface area contributed by atoms with Crippen LogP contribution in [0.1, 0.15) is 64.9 Å². The second-order valence-electron chi connectivity index (χ2n) is 15.8. The van der Waals surface area contributed by atoms with Crippen molar-refractivity contribution in [2.24, 2.45) is 0 Å². The molecule has 0 saturated carbocycles. The number of piperazine rings is 1. The molecule has 1 aromatic heterocycles. The first kappa shape index (κ1) is 36.2. The Morgan fingerprint density at radius 1 is 0.981 bits per heavy atom. The fraction of sp³-hybridized carbons (Fsp3) is 0.488. The molecule has 4 aromatic rings. The van der Waals surface area contributed by atoms with Gasteiger partial charge in [-0.2, -0.15) is 0 Å². The maximum absolute atomic E-state index is 17.4. The fourth-order valence-corrected chi connectivity index (χ4v) is 9.53. The van der Waals surface area contributed by atoms with Crippen LogP contribution in [-0.2, 0) is 9.47 Å².